The molecule has 0 aromatic heterocycles. The summed E-state index contributed by atoms with van der Waals surface area (Å²) in [6.07, 6.45) is -4.75. The summed E-state index contributed by atoms with van der Waals surface area (Å²) >= 11 is 1.39. The third kappa shape index (κ3) is 3.08. The second-order valence-electron chi connectivity index (χ2n) is 5.46. The molecule has 0 saturated heterocycles. The van der Waals surface area contributed by atoms with Crippen LogP contribution in [0.3, 0.4) is 0 Å². The molecule has 2 aliphatic heterocycles. The van der Waals surface area contributed by atoms with Crippen molar-refractivity contribution in [1.29, 1.82) is 0 Å². The highest BCUT2D eigenvalue weighted by molar-refractivity contribution is 8.13. The summed E-state index contributed by atoms with van der Waals surface area (Å²) in [6.45, 7) is 3.57. The first-order chi connectivity index (χ1) is 11.3. The average Bonchev–Trinajstić information content (AvgIpc) is 2.93. The van der Waals surface area contributed by atoms with Crippen molar-refractivity contribution >= 4 is 22.8 Å². The Hall–Kier alpha value is -2.16. The number of carbonyl (C=O) groups is 1. The number of hydrogen-bond acceptors (Lipinski definition) is 5. The fourth-order valence-electron chi connectivity index (χ4n) is 2.39. The second-order valence-corrected chi connectivity index (χ2v) is 6.41. The van der Waals surface area contributed by atoms with E-state index < -0.39 is 18.0 Å². The van der Waals surface area contributed by atoms with Crippen molar-refractivity contribution in [1.82, 2.24) is 15.6 Å². The van der Waals surface area contributed by atoms with E-state index in [9.17, 15) is 18.0 Å². The molecule has 24 heavy (non-hydrogen) atoms. The zero-order valence-corrected chi connectivity index (χ0v) is 13.8. The van der Waals surface area contributed by atoms with Gasteiger partial charge in [-0.25, -0.2) is 0 Å². The molecule has 0 saturated carbocycles. The van der Waals surface area contributed by atoms with Gasteiger partial charge < -0.3 is 5.32 Å². The number of alkyl halides is 3. The van der Waals surface area contributed by atoms with Gasteiger partial charge >= 0.3 is 6.18 Å². The molecular formula is C15H15F3N4OS. The quantitative estimate of drug-likeness (QED) is 0.856. The number of rotatable bonds is 2. The number of nitrogens with zero attached hydrogens (tertiary/aromatic N) is 2. The Bertz CT molecular complexity index is 727. The average molecular weight is 356 g/mol. The van der Waals surface area contributed by atoms with Gasteiger partial charge in [-0.05, 0) is 31.5 Å². The number of amides is 1. The highest BCUT2D eigenvalue weighted by Gasteiger charge is 2.36. The maximum absolute atomic E-state index is 12.6. The second kappa shape index (κ2) is 6.04. The summed E-state index contributed by atoms with van der Waals surface area (Å²) in [7, 11) is 0. The van der Waals surface area contributed by atoms with Crippen molar-refractivity contribution in [2.45, 2.75) is 32.1 Å². The van der Waals surface area contributed by atoms with Crippen LogP contribution in [0.2, 0.25) is 0 Å². The van der Waals surface area contributed by atoms with Gasteiger partial charge in [-0.2, -0.15) is 18.3 Å². The third-order valence-corrected chi connectivity index (χ3v) is 4.93. The molecule has 1 unspecified atom stereocenters. The van der Waals surface area contributed by atoms with E-state index in [1.54, 1.807) is 6.92 Å². The number of halogens is 3. The van der Waals surface area contributed by atoms with Gasteiger partial charge in [0.1, 0.15) is 0 Å². The lowest BCUT2D eigenvalue weighted by Crippen LogP contribution is -2.55. The number of hydrazone groups is 1. The van der Waals surface area contributed by atoms with Gasteiger partial charge in [-0.3, -0.25) is 15.1 Å². The molecule has 2 aliphatic rings. The van der Waals surface area contributed by atoms with Crippen molar-refractivity contribution < 1.29 is 18.0 Å². The first-order valence-corrected chi connectivity index (χ1v) is 8.15. The van der Waals surface area contributed by atoms with Crippen LogP contribution in [0.4, 0.5) is 13.2 Å². The van der Waals surface area contributed by atoms with Gasteiger partial charge in [0.2, 0.25) is 0 Å². The molecule has 0 bridgehead atoms. The van der Waals surface area contributed by atoms with Gasteiger partial charge in [0.25, 0.3) is 5.91 Å². The minimum atomic E-state index is -4.33. The fraction of sp³-hybridized carbons (Fsp3) is 0.333. The molecule has 1 aromatic rings. The summed E-state index contributed by atoms with van der Waals surface area (Å²) < 4.78 is 37.7. The molecule has 2 N–H and O–H groups in total. The van der Waals surface area contributed by atoms with E-state index in [0.717, 1.165) is 23.4 Å². The van der Waals surface area contributed by atoms with Crippen molar-refractivity contribution in [3.05, 3.63) is 46.7 Å². The lowest BCUT2D eigenvalue weighted by molar-refractivity contribution is -0.137. The zero-order valence-electron chi connectivity index (χ0n) is 12.9. The smallest absolute Gasteiger partial charge is 0.313 e. The molecule has 1 atom stereocenters. The number of benzene rings is 1. The molecule has 128 valence electrons. The van der Waals surface area contributed by atoms with E-state index in [2.05, 4.69) is 15.8 Å². The summed E-state index contributed by atoms with van der Waals surface area (Å²) in [4.78, 5) is 13.6. The predicted octanol–water partition coefficient (Wildman–Crippen LogP) is 2.82. The Kier molecular flexibility index (Phi) is 4.20. The lowest BCUT2D eigenvalue weighted by Gasteiger charge is -2.33. The van der Waals surface area contributed by atoms with E-state index >= 15 is 0 Å². The molecule has 2 heterocycles. The minimum Gasteiger partial charge on any atom is -0.313 e. The molecule has 0 fully saturated rings. The largest absolute Gasteiger partial charge is 0.416 e. The van der Waals surface area contributed by atoms with Gasteiger partial charge in [-0.15, -0.1) is 0 Å². The standard InChI is InChI=1S/C15H15F3N4OS/c1-8-9(2)22-13(19-12(8)23)20-21-14(22)24-7-10-3-5-11(6-4-10)15(16,17)18/h3-6,13,20H,7H2,1-2H3,(H,19,23). The molecule has 1 aromatic carbocycles. The zero-order chi connectivity index (χ0) is 17.5. The number of nitrogens with one attached hydrogen (secondary N) is 2. The van der Waals surface area contributed by atoms with Crippen LogP contribution in [-0.4, -0.2) is 22.3 Å². The van der Waals surface area contributed by atoms with E-state index in [1.807, 2.05) is 11.8 Å². The SMILES string of the molecule is CC1=C(C)N2C(SCc3ccc(C(F)(F)F)cc3)=NNC2NC1=O. The molecule has 3 rings (SSSR count). The van der Waals surface area contributed by atoms with Gasteiger partial charge in [0.15, 0.2) is 11.5 Å². The Morgan fingerprint density at radius 3 is 2.54 bits per heavy atom. The Morgan fingerprint density at radius 2 is 1.92 bits per heavy atom. The molecule has 0 aliphatic carbocycles. The first-order valence-electron chi connectivity index (χ1n) is 7.17. The number of fused-ring (bicyclic) bond motifs is 1. The van der Waals surface area contributed by atoms with Crippen LogP contribution in [0.5, 0.6) is 0 Å². The summed E-state index contributed by atoms with van der Waals surface area (Å²) in [5.74, 6) is 0.327. The summed E-state index contributed by atoms with van der Waals surface area (Å²) in [5.41, 5.74) is 4.34. The first kappa shape index (κ1) is 16.7. The fourth-order valence-corrected chi connectivity index (χ4v) is 3.38. The number of allylic oxidation sites excluding steroid dienone is 1. The van der Waals surface area contributed by atoms with Gasteiger partial charge in [-0.1, -0.05) is 23.9 Å². The Morgan fingerprint density at radius 1 is 1.25 bits per heavy atom. The highest BCUT2D eigenvalue weighted by atomic mass is 32.2. The van der Waals surface area contributed by atoms with Crippen LogP contribution in [0.25, 0.3) is 0 Å². The number of carbonyl (C=O) groups excluding carboxylic acids is 1. The van der Waals surface area contributed by atoms with Crippen molar-refractivity contribution in [3.63, 3.8) is 0 Å². The minimum absolute atomic E-state index is 0.148. The Balaban J connectivity index is 1.68. The number of hydrogen-bond donors (Lipinski definition) is 2. The van der Waals surface area contributed by atoms with Gasteiger partial charge in [0, 0.05) is 17.0 Å². The normalized spacial score (nSPS) is 20.5. The van der Waals surface area contributed by atoms with Crippen molar-refractivity contribution in [2.24, 2.45) is 5.10 Å². The third-order valence-electron chi connectivity index (χ3n) is 3.91. The van der Waals surface area contributed by atoms with Crippen molar-refractivity contribution in [3.8, 4) is 0 Å². The van der Waals surface area contributed by atoms with Crippen LogP contribution in [0.1, 0.15) is 25.0 Å². The van der Waals surface area contributed by atoms with E-state index in [1.165, 1.54) is 23.9 Å². The van der Waals surface area contributed by atoms with Crippen LogP contribution in [0, 0.1) is 0 Å². The molecule has 5 nitrogen and oxygen atoms in total. The maximum atomic E-state index is 12.6. The number of thioether (sulfide) groups is 1. The molecule has 0 radical (unpaired) electrons. The van der Waals surface area contributed by atoms with Crippen molar-refractivity contribution in [2.75, 3.05) is 0 Å². The van der Waals surface area contributed by atoms with E-state index in [0.29, 0.717) is 16.5 Å². The van der Waals surface area contributed by atoms with Crippen LogP contribution in [-0.2, 0) is 16.7 Å². The topological polar surface area (TPSA) is 56.7 Å². The van der Waals surface area contributed by atoms with Gasteiger partial charge in [0.05, 0.1) is 5.56 Å². The summed E-state index contributed by atoms with van der Waals surface area (Å²) in [5, 5.41) is 7.64. The number of amidine groups is 1. The maximum Gasteiger partial charge on any atom is 0.416 e. The monoisotopic (exact) mass is 356 g/mol. The molecular weight excluding hydrogens is 341 g/mol. The van der Waals surface area contributed by atoms with Crippen LogP contribution >= 0.6 is 11.8 Å². The summed E-state index contributed by atoms with van der Waals surface area (Å²) in [6, 6.07) is 5.07. The molecule has 9 heteroatoms. The Labute approximate surface area is 141 Å². The molecule has 0 spiro atoms. The highest BCUT2D eigenvalue weighted by Crippen LogP contribution is 2.31. The van der Waals surface area contributed by atoms with Crippen LogP contribution < -0.4 is 10.7 Å². The van der Waals surface area contributed by atoms with E-state index in [-0.39, 0.29) is 5.91 Å². The molecule has 1 amide bonds. The lowest BCUT2D eigenvalue weighted by atomic mass is 10.1. The van der Waals surface area contributed by atoms with E-state index in [4.69, 9.17) is 0 Å². The predicted molar refractivity (Wildman–Crippen MR) is 85.5 cm³/mol. The van der Waals surface area contributed by atoms with Crippen LogP contribution in [0.15, 0.2) is 40.6 Å².